The number of hydrogen-bond acceptors (Lipinski definition) is 2. The fraction of sp³-hybridized carbons (Fsp3) is 0.364. The highest BCUT2D eigenvalue weighted by Gasteiger charge is 2.26. The molecule has 1 unspecified atom stereocenters. The maximum absolute atomic E-state index is 11.1. The molecule has 1 aromatic carbocycles. The lowest BCUT2D eigenvalue weighted by Crippen LogP contribution is -2.17. The molecule has 0 aromatic heterocycles. The predicted octanol–water partition coefficient (Wildman–Crippen LogP) is 2.87. The average molecular weight is 229 g/mol. The normalized spacial score (nSPS) is 12.8. The van der Waals surface area contributed by atoms with E-state index in [9.17, 15) is 9.90 Å². The van der Waals surface area contributed by atoms with Crippen molar-refractivity contribution in [2.75, 3.05) is 0 Å². The van der Waals surface area contributed by atoms with Gasteiger partial charge in [-0.3, -0.25) is 4.79 Å². The molecule has 0 radical (unpaired) electrons. The number of phenols is 1. The van der Waals surface area contributed by atoms with Crippen LogP contribution < -0.4 is 0 Å². The minimum absolute atomic E-state index is 0.105. The van der Waals surface area contributed by atoms with Crippen LogP contribution in [-0.2, 0) is 4.79 Å². The van der Waals surface area contributed by atoms with Gasteiger partial charge in [0.05, 0.1) is 10.9 Å². The van der Waals surface area contributed by atoms with Crippen molar-refractivity contribution in [1.82, 2.24) is 0 Å². The summed E-state index contributed by atoms with van der Waals surface area (Å²) < 4.78 is 0. The maximum atomic E-state index is 11.1. The van der Waals surface area contributed by atoms with E-state index in [4.69, 9.17) is 16.7 Å². The molecular formula is C11H13ClO3. The Kier molecular flexibility index (Phi) is 3.58. The summed E-state index contributed by atoms with van der Waals surface area (Å²) in [6, 6.07) is 4.75. The van der Waals surface area contributed by atoms with Crippen LogP contribution in [0.1, 0.15) is 25.3 Å². The third-order valence-corrected chi connectivity index (χ3v) is 2.59. The molecule has 0 aliphatic carbocycles. The summed E-state index contributed by atoms with van der Waals surface area (Å²) in [6.45, 7) is 3.58. The highest BCUT2D eigenvalue weighted by atomic mass is 35.5. The Morgan fingerprint density at radius 1 is 1.40 bits per heavy atom. The molecule has 0 saturated carbocycles. The first-order valence-corrected chi connectivity index (χ1v) is 5.03. The van der Waals surface area contributed by atoms with Gasteiger partial charge in [0.25, 0.3) is 0 Å². The third-order valence-electron chi connectivity index (χ3n) is 2.29. The smallest absolute Gasteiger partial charge is 0.311 e. The zero-order valence-corrected chi connectivity index (χ0v) is 9.32. The van der Waals surface area contributed by atoms with Gasteiger partial charge in [-0.15, -0.1) is 0 Å². The van der Waals surface area contributed by atoms with Gasteiger partial charge in [-0.1, -0.05) is 37.6 Å². The van der Waals surface area contributed by atoms with Crippen molar-refractivity contribution in [2.45, 2.75) is 19.8 Å². The highest BCUT2D eigenvalue weighted by Crippen LogP contribution is 2.35. The molecule has 2 N–H and O–H groups in total. The molecule has 82 valence electrons. The lowest BCUT2D eigenvalue weighted by atomic mass is 9.88. The van der Waals surface area contributed by atoms with Crippen molar-refractivity contribution in [3.05, 3.63) is 28.8 Å². The summed E-state index contributed by atoms with van der Waals surface area (Å²) in [6.07, 6.45) is 0. The number of halogens is 1. The van der Waals surface area contributed by atoms with Gasteiger partial charge in [0.1, 0.15) is 5.75 Å². The van der Waals surface area contributed by atoms with Crippen LogP contribution in [0, 0.1) is 5.92 Å². The first kappa shape index (κ1) is 11.9. The Morgan fingerprint density at radius 3 is 2.47 bits per heavy atom. The summed E-state index contributed by atoms with van der Waals surface area (Å²) in [5.74, 6) is -1.93. The van der Waals surface area contributed by atoms with Crippen LogP contribution in [-0.4, -0.2) is 16.2 Å². The molecule has 4 heteroatoms. The highest BCUT2D eigenvalue weighted by molar-refractivity contribution is 6.32. The Balaban J connectivity index is 3.23. The van der Waals surface area contributed by atoms with Crippen molar-refractivity contribution < 1.29 is 15.0 Å². The number of aliphatic carboxylic acids is 1. The first-order valence-electron chi connectivity index (χ1n) is 4.65. The van der Waals surface area contributed by atoms with E-state index >= 15 is 0 Å². The summed E-state index contributed by atoms with van der Waals surface area (Å²) in [7, 11) is 0. The Bertz CT molecular complexity index is 374. The third kappa shape index (κ3) is 2.42. The average Bonchev–Trinajstić information content (AvgIpc) is 2.11. The molecule has 0 aliphatic rings. The first-order chi connectivity index (χ1) is 6.95. The van der Waals surface area contributed by atoms with Crippen LogP contribution >= 0.6 is 11.6 Å². The number of phenolic OH excluding ortho intramolecular Hbond substituents is 1. The van der Waals surface area contributed by atoms with Crippen molar-refractivity contribution in [2.24, 2.45) is 5.92 Å². The van der Waals surface area contributed by atoms with Crippen LogP contribution in [0.4, 0.5) is 0 Å². The topological polar surface area (TPSA) is 57.5 Å². The van der Waals surface area contributed by atoms with Gasteiger partial charge in [0.2, 0.25) is 0 Å². The zero-order valence-electron chi connectivity index (χ0n) is 8.57. The standard InChI is InChI=1S/C11H13ClO3/c1-6(2)9(11(14)15)7-4-3-5-8(12)10(7)13/h3-6,9,13H,1-2H3,(H,14,15). The Morgan fingerprint density at radius 2 is 2.00 bits per heavy atom. The number of carboxylic acids is 1. The molecule has 1 aromatic rings. The van der Waals surface area contributed by atoms with E-state index in [0.717, 1.165) is 0 Å². The van der Waals surface area contributed by atoms with E-state index in [1.807, 2.05) is 0 Å². The second-order valence-electron chi connectivity index (χ2n) is 3.74. The van der Waals surface area contributed by atoms with Crippen molar-refractivity contribution in [3.63, 3.8) is 0 Å². The molecule has 0 saturated heterocycles. The molecule has 3 nitrogen and oxygen atoms in total. The zero-order chi connectivity index (χ0) is 11.6. The van der Waals surface area contributed by atoms with E-state index in [1.54, 1.807) is 26.0 Å². The fourth-order valence-corrected chi connectivity index (χ4v) is 1.74. The largest absolute Gasteiger partial charge is 0.506 e. The number of rotatable bonds is 3. The lowest BCUT2D eigenvalue weighted by Gasteiger charge is -2.18. The van der Waals surface area contributed by atoms with Crippen LogP contribution in [0.2, 0.25) is 5.02 Å². The van der Waals surface area contributed by atoms with E-state index < -0.39 is 11.9 Å². The van der Waals surface area contributed by atoms with Gasteiger partial charge < -0.3 is 10.2 Å². The quantitative estimate of drug-likeness (QED) is 0.837. The molecule has 0 bridgehead atoms. The number of para-hydroxylation sites is 1. The minimum Gasteiger partial charge on any atom is -0.506 e. The van der Waals surface area contributed by atoms with E-state index in [0.29, 0.717) is 5.56 Å². The lowest BCUT2D eigenvalue weighted by molar-refractivity contribution is -0.139. The minimum atomic E-state index is -0.956. The van der Waals surface area contributed by atoms with Crippen molar-refractivity contribution in [3.8, 4) is 5.75 Å². The SMILES string of the molecule is CC(C)C(C(=O)O)c1cccc(Cl)c1O. The van der Waals surface area contributed by atoms with Crippen LogP contribution in [0.25, 0.3) is 0 Å². The second-order valence-corrected chi connectivity index (χ2v) is 4.14. The second kappa shape index (κ2) is 4.53. The summed E-state index contributed by atoms with van der Waals surface area (Å²) >= 11 is 5.72. The van der Waals surface area contributed by atoms with Gasteiger partial charge >= 0.3 is 5.97 Å². The van der Waals surface area contributed by atoms with Crippen LogP contribution in [0.3, 0.4) is 0 Å². The van der Waals surface area contributed by atoms with Crippen LogP contribution in [0.5, 0.6) is 5.75 Å². The Labute approximate surface area is 93.3 Å². The number of hydrogen-bond donors (Lipinski definition) is 2. The molecule has 0 aliphatic heterocycles. The summed E-state index contributed by atoms with van der Waals surface area (Å²) in [4.78, 5) is 11.1. The monoisotopic (exact) mass is 228 g/mol. The number of carbonyl (C=O) groups is 1. The number of benzene rings is 1. The summed E-state index contributed by atoms with van der Waals surface area (Å²) in [5.41, 5.74) is 0.366. The van der Waals surface area contributed by atoms with E-state index in [1.165, 1.54) is 6.07 Å². The molecule has 0 heterocycles. The van der Waals surface area contributed by atoms with Gasteiger partial charge in [-0.25, -0.2) is 0 Å². The molecule has 0 fully saturated rings. The molecule has 0 amide bonds. The maximum Gasteiger partial charge on any atom is 0.311 e. The molecule has 0 spiro atoms. The van der Waals surface area contributed by atoms with Crippen molar-refractivity contribution >= 4 is 17.6 Å². The van der Waals surface area contributed by atoms with E-state index in [-0.39, 0.29) is 16.7 Å². The van der Waals surface area contributed by atoms with Crippen LogP contribution in [0.15, 0.2) is 18.2 Å². The summed E-state index contributed by atoms with van der Waals surface area (Å²) in [5, 5.41) is 18.9. The number of carboxylic acid groups (broad SMARTS) is 1. The predicted molar refractivity (Wildman–Crippen MR) is 58.3 cm³/mol. The van der Waals surface area contributed by atoms with Gasteiger partial charge in [-0.05, 0) is 12.0 Å². The molecule has 1 atom stereocenters. The van der Waals surface area contributed by atoms with E-state index in [2.05, 4.69) is 0 Å². The van der Waals surface area contributed by atoms with Gasteiger partial charge in [-0.2, -0.15) is 0 Å². The fourth-order valence-electron chi connectivity index (χ4n) is 1.56. The van der Waals surface area contributed by atoms with Crippen molar-refractivity contribution in [1.29, 1.82) is 0 Å². The number of aromatic hydroxyl groups is 1. The molecular weight excluding hydrogens is 216 g/mol. The molecule has 15 heavy (non-hydrogen) atoms. The van der Waals surface area contributed by atoms with Gasteiger partial charge in [0, 0.05) is 5.56 Å². The molecule has 1 rings (SSSR count). The van der Waals surface area contributed by atoms with Gasteiger partial charge in [0.15, 0.2) is 0 Å². The Hall–Kier alpha value is -1.22.